The summed E-state index contributed by atoms with van der Waals surface area (Å²) in [4.78, 5) is 29.9. The fourth-order valence-electron chi connectivity index (χ4n) is 2.03. The summed E-state index contributed by atoms with van der Waals surface area (Å²) in [6.07, 6.45) is 2.09. The molecular weight excluding hydrogens is 288 g/mol. The van der Waals surface area contributed by atoms with Gasteiger partial charge < -0.3 is 9.64 Å². The summed E-state index contributed by atoms with van der Waals surface area (Å²) in [6, 6.07) is 0. The average Bonchev–Trinajstić information content (AvgIpc) is 2.98. The molecule has 1 amide bonds. The Morgan fingerprint density at radius 2 is 1.95 bits per heavy atom. The van der Waals surface area contributed by atoms with Gasteiger partial charge in [-0.15, -0.1) is 11.3 Å². The van der Waals surface area contributed by atoms with Gasteiger partial charge >= 0.3 is 5.97 Å². The lowest BCUT2D eigenvalue weighted by molar-refractivity contribution is 0.0526. The standard InChI is InChI=1S/C15H24N2O3S/c1-5-11(6-2)9-17(7-3)14(18)12-10-21-13(16-12)15(19)20-8-4/h10-11H,5-9H2,1-4H3. The lowest BCUT2D eigenvalue weighted by atomic mass is 10.0. The number of hydrogen-bond donors (Lipinski definition) is 0. The van der Waals surface area contributed by atoms with E-state index in [0.29, 0.717) is 24.8 Å². The molecule has 0 aliphatic carbocycles. The van der Waals surface area contributed by atoms with Gasteiger partial charge in [-0.05, 0) is 19.8 Å². The van der Waals surface area contributed by atoms with Gasteiger partial charge in [-0.1, -0.05) is 26.7 Å². The van der Waals surface area contributed by atoms with Gasteiger partial charge in [-0.25, -0.2) is 9.78 Å². The maximum absolute atomic E-state index is 12.5. The second-order valence-corrected chi connectivity index (χ2v) is 5.64. The Kier molecular flexibility index (Phi) is 7.36. The molecule has 0 bridgehead atoms. The number of hydrogen-bond acceptors (Lipinski definition) is 5. The molecule has 0 radical (unpaired) electrons. The van der Waals surface area contributed by atoms with E-state index >= 15 is 0 Å². The van der Waals surface area contributed by atoms with E-state index < -0.39 is 5.97 Å². The molecule has 0 spiro atoms. The molecular formula is C15H24N2O3S. The molecule has 1 aromatic rings. The highest BCUT2D eigenvalue weighted by Crippen LogP contribution is 2.16. The van der Waals surface area contributed by atoms with Crippen LogP contribution in [-0.4, -0.2) is 41.5 Å². The van der Waals surface area contributed by atoms with Crippen LogP contribution in [0.1, 0.15) is 60.8 Å². The van der Waals surface area contributed by atoms with Crippen molar-refractivity contribution in [1.29, 1.82) is 0 Å². The summed E-state index contributed by atoms with van der Waals surface area (Å²) in [5, 5.41) is 1.86. The van der Waals surface area contributed by atoms with Crippen LogP contribution < -0.4 is 0 Å². The van der Waals surface area contributed by atoms with E-state index in [9.17, 15) is 9.59 Å². The smallest absolute Gasteiger partial charge is 0.367 e. The summed E-state index contributed by atoms with van der Waals surface area (Å²) in [7, 11) is 0. The van der Waals surface area contributed by atoms with Gasteiger partial charge in [0.2, 0.25) is 5.01 Å². The number of carbonyl (C=O) groups is 2. The molecule has 0 atom stereocenters. The third kappa shape index (κ3) is 4.81. The summed E-state index contributed by atoms with van der Waals surface area (Å²) < 4.78 is 4.89. The molecule has 0 saturated carbocycles. The molecule has 0 aliphatic heterocycles. The van der Waals surface area contributed by atoms with Crippen molar-refractivity contribution in [1.82, 2.24) is 9.88 Å². The van der Waals surface area contributed by atoms with Gasteiger partial charge in [0, 0.05) is 18.5 Å². The Morgan fingerprint density at radius 1 is 1.29 bits per heavy atom. The van der Waals surface area contributed by atoms with E-state index in [0.717, 1.165) is 30.7 Å². The number of aromatic nitrogens is 1. The minimum absolute atomic E-state index is 0.115. The van der Waals surface area contributed by atoms with Crippen molar-refractivity contribution in [2.75, 3.05) is 19.7 Å². The molecule has 0 saturated heterocycles. The zero-order valence-corrected chi connectivity index (χ0v) is 14.0. The van der Waals surface area contributed by atoms with Gasteiger partial charge in [0.25, 0.3) is 5.91 Å². The zero-order chi connectivity index (χ0) is 15.8. The van der Waals surface area contributed by atoms with E-state index in [1.807, 2.05) is 6.92 Å². The summed E-state index contributed by atoms with van der Waals surface area (Å²) in [5.74, 6) is -0.0853. The van der Waals surface area contributed by atoms with Gasteiger partial charge in [0.05, 0.1) is 6.61 Å². The van der Waals surface area contributed by atoms with Crippen molar-refractivity contribution in [3.8, 4) is 0 Å². The van der Waals surface area contributed by atoms with Crippen LogP contribution in [0.15, 0.2) is 5.38 Å². The van der Waals surface area contributed by atoms with E-state index in [4.69, 9.17) is 4.74 Å². The Morgan fingerprint density at radius 3 is 2.48 bits per heavy atom. The molecule has 6 heteroatoms. The maximum atomic E-state index is 12.5. The normalized spacial score (nSPS) is 10.7. The van der Waals surface area contributed by atoms with E-state index in [1.165, 1.54) is 0 Å². The maximum Gasteiger partial charge on any atom is 0.367 e. The average molecular weight is 312 g/mol. The number of thiazole rings is 1. The van der Waals surface area contributed by atoms with Gasteiger partial charge in [0.1, 0.15) is 5.69 Å². The first-order valence-electron chi connectivity index (χ1n) is 7.49. The van der Waals surface area contributed by atoms with Crippen molar-refractivity contribution < 1.29 is 14.3 Å². The minimum Gasteiger partial charge on any atom is -0.461 e. The molecule has 0 unspecified atom stereocenters. The lowest BCUT2D eigenvalue weighted by Gasteiger charge is -2.24. The van der Waals surface area contributed by atoms with Crippen LogP contribution in [0.2, 0.25) is 0 Å². The Labute approximate surface area is 130 Å². The van der Waals surface area contributed by atoms with Crippen molar-refractivity contribution in [2.45, 2.75) is 40.5 Å². The van der Waals surface area contributed by atoms with Crippen LogP contribution in [0.3, 0.4) is 0 Å². The predicted octanol–water partition coefficient (Wildman–Crippen LogP) is 3.22. The topological polar surface area (TPSA) is 59.5 Å². The molecule has 1 rings (SSSR count). The van der Waals surface area contributed by atoms with Crippen LogP contribution in [0.4, 0.5) is 0 Å². The molecule has 0 aromatic carbocycles. The number of carbonyl (C=O) groups excluding carboxylic acids is 2. The van der Waals surface area contributed by atoms with Crippen molar-refractivity contribution >= 4 is 23.2 Å². The van der Waals surface area contributed by atoms with E-state index in [2.05, 4.69) is 18.8 Å². The van der Waals surface area contributed by atoms with Crippen LogP contribution in [0, 0.1) is 5.92 Å². The number of rotatable bonds is 8. The third-order valence-corrected chi connectivity index (χ3v) is 4.30. The minimum atomic E-state index is -0.468. The molecule has 5 nitrogen and oxygen atoms in total. The van der Waals surface area contributed by atoms with Crippen LogP contribution in [0.5, 0.6) is 0 Å². The van der Waals surface area contributed by atoms with E-state index in [1.54, 1.807) is 17.2 Å². The fourth-order valence-corrected chi connectivity index (χ4v) is 2.72. The van der Waals surface area contributed by atoms with Crippen LogP contribution in [-0.2, 0) is 4.74 Å². The number of nitrogens with zero attached hydrogens (tertiary/aromatic N) is 2. The molecule has 0 N–H and O–H groups in total. The van der Waals surface area contributed by atoms with Gasteiger partial charge in [-0.3, -0.25) is 4.79 Å². The second-order valence-electron chi connectivity index (χ2n) is 4.78. The lowest BCUT2D eigenvalue weighted by Crippen LogP contribution is -2.35. The quantitative estimate of drug-likeness (QED) is 0.692. The molecule has 1 heterocycles. The summed E-state index contributed by atoms with van der Waals surface area (Å²) in [6.45, 7) is 9.64. The molecule has 21 heavy (non-hydrogen) atoms. The van der Waals surface area contributed by atoms with Gasteiger partial charge in [0.15, 0.2) is 0 Å². The van der Waals surface area contributed by atoms with Gasteiger partial charge in [-0.2, -0.15) is 0 Å². The molecule has 0 fully saturated rings. The first-order chi connectivity index (χ1) is 10.1. The number of esters is 1. The predicted molar refractivity (Wildman–Crippen MR) is 83.7 cm³/mol. The highest BCUT2D eigenvalue weighted by Gasteiger charge is 2.21. The highest BCUT2D eigenvalue weighted by atomic mass is 32.1. The Balaban J connectivity index is 2.78. The van der Waals surface area contributed by atoms with Crippen LogP contribution >= 0.6 is 11.3 Å². The van der Waals surface area contributed by atoms with Crippen molar-refractivity contribution in [2.24, 2.45) is 5.92 Å². The largest absolute Gasteiger partial charge is 0.461 e. The van der Waals surface area contributed by atoms with Crippen molar-refractivity contribution in [3.63, 3.8) is 0 Å². The zero-order valence-electron chi connectivity index (χ0n) is 13.2. The third-order valence-electron chi connectivity index (χ3n) is 3.48. The first-order valence-corrected chi connectivity index (χ1v) is 8.37. The second kappa shape index (κ2) is 8.77. The fraction of sp³-hybridized carbons (Fsp3) is 0.667. The SMILES string of the molecule is CCOC(=O)c1nc(C(=O)N(CC)CC(CC)CC)cs1. The first kappa shape index (κ1) is 17.6. The number of ether oxygens (including phenoxy) is 1. The van der Waals surface area contributed by atoms with Crippen LogP contribution in [0.25, 0.3) is 0 Å². The summed E-state index contributed by atoms with van der Waals surface area (Å²) in [5.41, 5.74) is 0.329. The highest BCUT2D eigenvalue weighted by molar-refractivity contribution is 7.11. The molecule has 1 aromatic heterocycles. The Bertz CT molecular complexity index is 469. The number of amides is 1. The Hall–Kier alpha value is -1.43. The monoisotopic (exact) mass is 312 g/mol. The molecule has 118 valence electrons. The summed E-state index contributed by atoms with van der Waals surface area (Å²) >= 11 is 1.15. The molecule has 0 aliphatic rings. The van der Waals surface area contributed by atoms with E-state index in [-0.39, 0.29) is 10.9 Å². The van der Waals surface area contributed by atoms with Crippen molar-refractivity contribution in [3.05, 3.63) is 16.1 Å².